The highest BCUT2D eigenvalue weighted by atomic mass is 16.5. The van der Waals surface area contributed by atoms with Gasteiger partial charge in [0.2, 0.25) is 0 Å². The van der Waals surface area contributed by atoms with Crippen molar-refractivity contribution in [1.82, 2.24) is 0 Å². The summed E-state index contributed by atoms with van der Waals surface area (Å²) in [5, 5.41) is 17.2. The maximum atomic E-state index is 10.6. The van der Waals surface area contributed by atoms with E-state index < -0.39 is 0 Å². The van der Waals surface area contributed by atoms with Crippen molar-refractivity contribution < 1.29 is 14.6 Å². The lowest BCUT2D eigenvalue weighted by molar-refractivity contribution is 0.112. The summed E-state index contributed by atoms with van der Waals surface area (Å²) >= 11 is 0. The van der Waals surface area contributed by atoms with Gasteiger partial charge in [-0.1, -0.05) is 6.92 Å². The first-order valence-corrected chi connectivity index (χ1v) is 7.02. The fourth-order valence-electron chi connectivity index (χ4n) is 1.64. The molecule has 0 heterocycles. The second-order valence-corrected chi connectivity index (χ2v) is 5.00. The molecule has 0 aliphatic heterocycles. The third kappa shape index (κ3) is 4.79. The van der Waals surface area contributed by atoms with Crippen LogP contribution < -0.4 is 4.74 Å². The SMILES string of the molecule is C[C@@H](CO)COc1ccc(N=Nc2ccc(C=O)cc2)cc1. The Kier molecular flexibility index (Phi) is 5.80. The summed E-state index contributed by atoms with van der Waals surface area (Å²) in [6, 6.07) is 14.1. The van der Waals surface area contributed by atoms with Gasteiger partial charge in [0.25, 0.3) is 0 Å². The van der Waals surface area contributed by atoms with Crippen molar-refractivity contribution in [3.63, 3.8) is 0 Å². The number of aliphatic hydroxyl groups is 1. The summed E-state index contributed by atoms with van der Waals surface area (Å²) in [6.07, 6.45) is 0.789. The molecule has 5 heteroatoms. The lowest BCUT2D eigenvalue weighted by Gasteiger charge is -2.10. The van der Waals surface area contributed by atoms with Crippen molar-refractivity contribution >= 4 is 17.7 Å². The molecule has 0 bridgehead atoms. The number of carbonyl (C=O) groups excluding carboxylic acids is 1. The molecule has 0 radical (unpaired) electrons. The number of aldehydes is 1. The Labute approximate surface area is 129 Å². The number of ether oxygens (including phenoxy) is 1. The summed E-state index contributed by atoms with van der Waals surface area (Å²) in [5.74, 6) is 0.836. The first-order chi connectivity index (χ1) is 10.7. The Morgan fingerprint density at radius 3 is 2.09 bits per heavy atom. The highest BCUT2D eigenvalue weighted by Gasteiger charge is 2.01. The predicted octanol–water partition coefficient (Wildman–Crippen LogP) is 3.92. The van der Waals surface area contributed by atoms with Crippen molar-refractivity contribution in [2.24, 2.45) is 16.1 Å². The fourth-order valence-corrected chi connectivity index (χ4v) is 1.64. The molecule has 0 saturated carbocycles. The van der Waals surface area contributed by atoms with Gasteiger partial charge in [-0.2, -0.15) is 10.2 Å². The Bertz CT molecular complexity index is 621. The third-order valence-electron chi connectivity index (χ3n) is 2.99. The number of nitrogens with zero attached hydrogens (tertiary/aromatic N) is 2. The summed E-state index contributed by atoms with van der Waals surface area (Å²) < 4.78 is 5.54. The van der Waals surface area contributed by atoms with Crippen LogP contribution in [-0.4, -0.2) is 24.6 Å². The van der Waals surface area contributed by atoms with E-state index in [2.05, 4.69) is 10.2 Å². The largest absolute Gasteiger partial charge is 0.493 e. The van der Waals surface area contributed by atoms with E-state index in [-0.39, 0.29) is 12.5 Å². The Hall–Kier alpha value is -2.53. The van der Waals surface area contributed by atoms with Crippen molar-refractivity contribution in [3.8, 4) is 5.75 Å². The summed E-state index contributed by atoms with van der Waals surface area (Å²) in [7, 11) is 0. The third-order valence-corrected chi connectivity index (χ3v) is 2.99. The zero-order chi connectivity index (χ0) is 15.8. The van der Waals surface area contributed by atoms with E-state index in [4.69, 9.17) is 9.84 Å². The normalized spacial score (nSPS) is 12.3. The number of azo groups is 1. The van der Waals surface area contributed by atoms with Gasteiger partial charge in [-0.3, -0.25) is 4.79 Å². The van der Waals surface area contributed by atoms with Crippen LogP contribution in [0, 0.1) is 5.92 Å². The minimum atomic E-state index is 0.105. The average Bonchev–Trinajstić information content (AvgIpc) is 2.59. The molecule has 2 aromatic carbocycles. The van der Waals surface area contributed by atoms with Gasteiger partial charge in [0.15, 0.2) is 0 Å². The van der Waals surface area contributed by atoms with Crippen molar-refractivity contribution in [2.75, 3.05) is 13.2 Å². The standard InChI is InChI=1S/C17H18N2O3/c1-13(10-20)12-22-17-8-6-16(7-9-17)19-18-15-4-2-14(11-21)3-5-15/h2-9,11,13,20H,10,12H2,1H3/t13-/m0/s1. The minimum Gasteiger partial charge on any atom is -0.493 e. The van der Waals surface area contributed by atoms with Crippen LogP contribution in [0.1, 0.15) is 17.3 Å². The molecule has 1 N–H and O–H groups in total. The van der Waals surface area contributed by atoms with E-state index >= 15 is 0 Å². The first-order valence-electron chi connectivity index (χ1n) is 7.02. The molecule has 22 heavy (non-hydrogen) atoms. The molecule has 0 aliphatic rings. The molecule has 2 rings (SSSR count). The lowest BCUT2D eigenvalue weighted by atomic mass is 10.2. The van der Waals surface area contributed by atoms with E-state index in [0.29, 0.717) is 23.5 Å². The highest BCUT2D eigenvalue weighted by molar-refractivity contribution is 5.75. The second-order valence-electron chi connectivity index (χ2n) is 5.00. The van der Waals surface area contributed by atoms with Crippen LogP contribution in [0.15, 0.2) is 58.8 Å². The zero-order valence-corrected chi connectivity index (χ0v) is 12.3. The van der Waals surface area contributed by atoms with Gasteiger partial charge >= 0.3 is 0 Å². The number of hydrogen-bond acceptors (Lipinski definition) is 5. The maximum absolute atomic E-state index is 10.6. The van der Waals surface area contributed by atoms with E-state index in [0.717, 1.165) is 12.0 Å². The number of benzene rings is 2. The van der Waals surface area contributed by atoms with E-state index in [1.165, 1.54) is 0 Å². The Balaban J connectivity index is 1.95. The van der Waals surface area contributed by atoms with Gasteiger partial charge in [-0.15, -0.1) is 0 Å². The minimum absolute atomic E-state index is 0.105. The molecule has 114 valence electrons. The molecule has 0 aliphatic carbocycles. The predicted molar refractivity (Wildman–Crippen MR) is 84.2 cm³/mol. The summed E-state index contributed by atoms with van der Waals surface area (Å²) in [5.41, 5.74) is 2.00. The zero-order valence-electron chi connectivity index (χ0n) is 12.3. The van der Waals surface area contributed by atoms with E-state index in [1.807, 2.05) is 31.2 Å². The Morgan fingerprint density at radius 2 is 1.59 bits per heavy atom. The number of rotatable bonds is 7. The molecular formula is C17H18N2O3. The van der Waals surface area contributed by atoms with Gasteiger partial charge in [0.05, 0.1) is 18.0 Å². The van der Waals surface area contributed by atoms with Crippen LogP contribution in [0.4, 0.5) is 11.4 Å². The monoisotopic (exact) mass is 298 g/mol. The number of aliphatic hydroxyl groups excluding tert-OH is 1. The highest BCUT2D eigenvalue weighted by Crippen LogP contribution is 2.21. The van der Waals surface area contributed by atoms with Gasteiger partial charge in [0, 0.05) is 18.1 Å². The molecule has 2 aromatic rings. The fraction of sp³-hybridized carbons (Fsp3) is 0.235. The number of hydrogen-bond donors (Lipinski definition) is 1. The molecule has 0 unspecified atom stereocenters. The van der Waals surface area contributed by atoms with Crippen molar-refractivity contribution in [3.05, 3.63) is 54.1 Å². The molecule has 1 atom stereocenters. The molecule has 0 fully saturated rings. The number of carbonyl (C=O) groups is 1. The molecular weight excluding hydrogens is 280 g/mol. The van der Waals surface area contributed by atoms with Gasteiger partial charge in [-0.05, 0) is 48.5 Å². The molecule has 5 nitrogen and oxygen atoms in total. The van der Waals surface area contributed by atoms with Crippen LogP contribution in [0.5, 0.6) is 5.75 Å². The van der Waals surface area contributed by atoms with Gasteiger partial charge in [-0.25, -0.2) is 0 Å². The maximum Gasteiger partial charge on any atom is 0.150 e. The smallest absolute Gasteiger partial charge is 0.150 e. The van der Waals surface area contributed by atoms with Crippen LogP contribution >= 0.6 is 0 Å². The van der Waals surface area contributed by atoms with Crippen molar-refractivity contribution in [1.29, 1.82) is 0 Å². The van der Waals surface area contributed by atoms with Crippen LogP contribution in [0.2, 0.25) is 0 Å². The van der Waals surface area contributed by atoms with Crippen LogP contribution in [-0.2, 0) is 0 Å². The second kappa shape index (κ2) is 8.05. The first kappa shape index (κ1) is 15.9. The van der Waals surface area contributed by atoms with Gasteiger partial charge < -0.3 is 9.84 Å². The molecule has 0 spiro atoms. The molecule has 0 amide bonds. The van der Waals surface area contributed by atoms with E-state index in [1.54, 1.807) is 24.3 Å². The lowest BCUT2D eigenvalue weighted by Crippen LogP contribution is -2.11. The van der Waals surface area contributed by atoms with Crippen LogP contribution in [0.3, 0.4) is 0 Å². The van der Waals surface area contributed by atoms with Crippen molar-refractivity contribution in [2.45, 2.75) is 6.92 Å². The van der Waals surface area contributed by atoms with E-state index in [9.17, 15) is 4.79 Å². The van der Waals surface area contributed by atoms with Crippen LogP contribution in [0.25, 0.3) is 0 Å². The quantitative estimate of drug-likeness (QED) is 0.622. The topological polar surface area (TPSA) is 71.2 Å². The Morgan fingerprint density at radius 1 is 1.05 bits per heavy atom. The van der Waals surface area contributed by atoms with Gasteiger partial charge in [0.1, 0.15) is 12.0 Å². The molecule has 0 saturated heterocycles. The molecule has 0 aromatic heterocycles. The average molecular weight is 298 g/mol. The summed E-state index contributed by atoms with van der Waals surface area (Å²) in [6.45, 7) is 2.49. The summed E-state index contributed by atoms with van der Waals surface area (Å²) in [4.78, 5) is 10.6.